The van der Waals surface area contributed by atoms with Gasteiger partial charge in [0.15, 0.2) is 11.2 Å². The van der Waals surface area contributed by atoms with Crippen LogP contribution in [0.15, 0.2) is 30.3 Å². The Kier molecular flexibility index (Phi) is 10.0. The third-order valence-corrected chi connectivity index (χ3v) is 4.54. The van der Waals surface area contributed by atoms with Crippen LogP contribution in [-0.4, -0.2) is 64.2 Å². The van der Waals surface area contributed by atoms with E-state index in [9.17, 15) is 19.5 Å². The van der Waals surface area contributed by atoms with Gasteiger partial charge in [-0.1, -0.05) is 42.1 Å². The van der Waals surface area contributed by atoms with E-state index in [0.29, 0.717) is 25.3 Å². The molecule has 0 radical (unpaired) electrons. The second-order valence-corrected chi connectivity index (χ2v) is 8.60. The maximum atomic E-state index is 12.7. The predicted octanol–water partition coefficient (Wildman–Crippen LogP) is 2.79. The molecule has 156 valence electrons. The fourth-order valence-electron chi connectivity index (χ4n) is 2.27. The summed E-state index contributed by atoms with van der Waals surface area (Å²) in [5.41, 5.74) is 0.564. The van der Waals surface area contributed by atoms with E-state index < -0.39 is 23.6 Å². The lowest BCUT2D eigenvalue weighted by atomic mass is 10.1. The van der Waals surface area contributed by atoms with Crippen molar-refractivity contribution in [1.29, 1.82) is 0 Å². The fourth-order valence-corrected chi connectivity index (χ4v) is 2.87. The number of carboxylic acid groups (broad SMARTS) is 1. The molecular formula is C20H30N2O5S. The quantitative estimate of drug-likeness (QED) is 0.616. The Labute approximate surface area is 170 Å². The first-order valence-corrected chi connectivity index (χ1v) is 10.2. The second-order valence-electron chi connectivity index (χ2n) is 7.33. The average Bonchev–Trinajstić information content (AvgIpc) is 2.60. The van der Waals surface area contributed by atoms with Crippen molar-refractivity contribution in [2.45, 2.75) is 45.8 Å². The van der Waals surface area contributed by atoms with Gasteiger partial charge in [0.1, 0.15) is 0 Å². The minimum atomic E-state index is -1.15. The van der Waals surface area contributed by atoms with Gasteiger partial charge in [0.25, 0.3) is 0 Å². The molecule has 0 aliphatic heterocycles. The van der Waals surface area contributed by atoms with Crippen molar-refractivity contribution in [1.82, 2.24) is 10.2 Å². The van der Waals surface area contributed by atoms with Crippen molar-refractivity contribution in [3.63, 3.8) is 0 Å². The van der Waals surface area contributed by atoms with Gasteiger partial charge in [-0.05, 0) is 32.8 Å². The molecule has 2 N–H and O–H groups in total. The maximum absolute atomic E-state index is 12.7. The summed E-state index contributed by atoms with van der Waals surface area (Å²) in [5.74, 6) is -0.702. The third kappa shape index (κ3) is 10.3. The van der Waals surface area contributed by atoms with E-state index in [1.165, 1.54) is 11.8 Å². The standard InChI is InChI=1S/C20H30N2O5S/c1-15(23)28-13-12-22(11-10-16-8-6-5-7-9-16)19(26)21-17(18(24)25)14-27-20(2,3)4/h5-9,17H,10-14H2,1-4H3,(H,21,26)(H,24,25). The molecule has 0 saturated carbocycles. The largest absolute Gasteiger partial charge is 0.480 e. The second kappa shape index (κ2) is 11.7. The highest BCUT2D eigenvalue weighted by Crippen LogP contribution is 2.09. The summed E-state index contributed by atoms with van der Waals surface area (Å²) in [5, 5.41) is 11.9. The van der Waals surface area contributed by atoms with Crippen molar-refractivity contribution in [3.05, 3.63) is 35.9 Å². The molecule has 0 spiro atoms. The van der Waals surface area contributed by atoms with Crippen LogP contribution in [0.5, 0.6) is 0 Å². The third-order valence-electron chi connectivity index (χ3n) is 3.75. The number of urea groups is 1. The molecule has 28 heavy (non-hydrogen) atoms. The number of nitrogens with zero attached hydrogens (tertiary/aromatic N) is 1. The molecule has 0 saturated heterocycles. The number of ether oxygens (including phenoxy) is 1. The average molecular weight is 411 g/mol. The number of carboxylic acids is 1. The van der Waals surface area contributed by atoms with Crippen LogP contribution >= 0.6 is 11.8 Å². The zero-order valence-electron chi connectivity index (χ0n) is 16.9. The molecule has 1 rings (SSSR count). The van der Waals surface area contributed by atoms with E-state index in [2.05, 4.69) is 5.32 Å². The van der Waals surface area contributed by atoms with Crippen molar-refractivity contribution in [2.75, 3.05) is 25.4 Å². The van der Waals surface area contributed by atoms with Gasteiger partial charge in [0, 0.05) is 25.8 Å². The van der Waals surface area contributed by atoms with Gasteiger partial charge >= 0.3 is 12.0 Å². The van der Waals surface area contributed by atoms with Crippen LogP contribution in [0.2, 0.25) is 0 Å². The smallest absolute Gasteiger partial charge is 0.328 e. The van der Waals surface area contributed by atoms with E-state index in [1.54, 1.807) is 0 Å². The van der Waals surface area contributed by atoms with Gasteiger partial charge in [-0.3, -0.25) is 4.79 Å². The molecule has 0 aromatic heterocycles. The Morgan fingerprint density at radius 2 is 1.82 bits per heavy atom. The molecular weight excluding hydrogens is 380 g/mol. The fraction of sp³-hybridized carbons (Fsp3) is 0.550. The van der Waals surface area contributed by atoms with Crippen molar-refractivity contribution in [3.8, 4) is 0 Å². The van der Waals surface area contributed by atoms with Crippen LogP contribution in [0, 0.1) is 0 Å². The minimum absolute atomic E-state index is 0.0228. The van der Waals surface area contributed by atoms with E-state index >= 15 is 0 Å². The van der Waals surface area contributed by atoms with E-state index in [0.717, 1.165) is 17.3 Å². The molecule has 1 aromatic carbocycles. The normalized spacial score (nSPS) is 12.3. The van der Waals surface area contributed by atoms with Crippen molar-refractivity contribution < 1.29 is 24.2 Å². The van der Waals surface area contributed by atoms with Crippen molar-refractivity contribution >= 4 is 28.9 Å². The Morgan fingerprint density at radius 1 is 1.18 bits per heavy atom. The topological polar surface area (TPSA) is 95.9 Å². The Bertz CT molecular complexity index is 646. The van der Waals surface area contributed by atoms with E-state index in [-0.39, 0.29) is 11.7 Å². The molecule has 2 amide bonds. The first-order valence-electron chi connectivity index (χ1n) is 9.18. The maximum Gasteiger partial charge on any atom is 0.328 e. The van der Waals surface area contributed by atoms with Crippen LogP contribution in [0.1, 0.15) is 33.3 Å². The highest BCUT2D eigenvalue weighted by molar-refractivity contribution is 8.13. The molecule has 7 nitrogen and oxygen atoms in total. The Morgan fingerprint density at radius 3 is 2.36 bits per heavy atom. The number of carbonyl (C=O) groups is 3. The molecule has 1 aromatic rings. The molecule has 0 heterocycles. The van der Waals surface area contributed by atoms with Gasteiger partial charge in [-0.2, -0.15) is 0 Å². The molecule has 1 atom stereocenters. The SMILES string of the molecule is CC(=O)SCCN(CCc1ccccc1)C(=O)NC(COC(C)(C)C)C(=O)O. The van der Waals surface area contributed by atoms with Gasteiger partial charge in [-0.25, -0.2) is 9.59 Å². The van der Waals surface area contributed by atoms with Crippen LogP contribution in [0.25, 0.3) is 0 Å². The van der Waals surface area contributed by atoms with Crippen LogP contribution in [-0.2, 0) is 20.7 Å². The summed E-state index contributed by atoms with van der Waals surface area (Å²) in [6.07, 6.45) is 0.634. The number of hydrogen-bond acceptors (Lipinski definition) is 5. The van der Waals surface area contributed by atoms with Crippen molar-refractivity contribution in [2.24, 2.45) is 0 Å². The number of aliphatic carboxylic acids is 1. The number of thioether (sulfide) groups is 1. The summed E-state index contributed by atoms with van der Waals surface area (Å²) in [4.78, 5) is 36.9. The summed E-state index contributed by atoms with van der Waals surface area (Å²) in [7, 11) is 0. The monoisotopic (exact) mass is 410 g/mol. The Balaban J connectivity index is 2.73. The molecule has 8 heteroatoms. The summed E-state index contributed by atoms with van der Waals surface area (Å²) in [6, 6.07) is 8.08. The lowest BCUT2D eigenvalue weighted by Crippen LogP contribution is -2.51. The summed E-state index contributed by atoms with van der Waals surface area (Å²) in [6.45, 7) is 7.56. The van der Waals surface area contributed by atoms with Crippen LogP contribution in [0.4, 0.5) is 4.79 Å². The minimum Gasteiger partial charge on any atom is -0.480 e. The zero-order valence-corrected chi connectivity index (χ0v) is 17.8. The molecule has 0 fully saturated rings. The number of hydrogen-bond donors (Lipinski definition) is 2. The first kappa shape index (κ1) is 24.0. The molecule has 0 aliphatic rings. The number of nitrogens with one attached hydrogen (secondary N) is 1. The molecule has 0 bridgehead atoms. The molecule has 1 unspecified atom stereocenters. The zero-order chi connectivity index (χ0) is 21.2. The number of amides is 2. The van der Waals surface area contributed by atoms with Gasteiger partial charge < -0.3 is 20.1 Å². The van der Waals surface area contributed by atoms with Crippen LogP contribution < -0.4 is 5.32 Å². The predicted molar refractivity (Wildman–Crippen MR) is 111 cm³/mol. The summed E-state index contributed by atoms with van der Waals surface area (Å²) < 4.78 is 5.51. The highest BCUT2D eigenvalue weighted by atomic mass is 32.2. The van der Waals surface area contributed by atoms with E-state index in [1.807, 2.05) is 51.1 Å². The number of carbonyl (C=O) groups excluding carboxylic acids is 2. The van der Waals surface area contributed by atoms with Gasteiger partial charge in [0.05, 0.1) is 12.2 Å². The van der Waals surface area contributed by atoms with Gasteiger partial charge in [-0.15, -0.1) is 0 Å². The highest BCUT2D eigenvalue weighted by Gasteiger charge is 2.25. The summed E-state index contributed by atoms with van der Waals surface area (Å²) >= 11 is 1.14. The first-order chi connectivity index (χ1) is 13.1. The Hall–Kier alpha value is -2.06. The van der Waals surface area contributed by atoms with Crippen LogP contribution in [0.3, 0.4) is 0 Å². The number of rotatable bonds is 10. The lowest BCUT2D eigenvalue weighted by Gasteiger charge is -2.27. The number of benzene rings is 1. The molecule has 0 aliphatic carbocycles. The van der Waals surface area contributed by atoms with E-state index in [4.69, 9.17) is 4.74 Å². The van der Waals surface area contributed by atoms with Gasteiger partial charge in [0.2, 0.25) is 0 Å². The lowest BCUT2D eigenvalue weighted by molar-refractivity contribution is -0.142.